The number of hydrogen-bond donors (Lipinski definition) is 3. The van der Waals surface area contributed by atoms with Crippen LogP contribution in [0.3, 0.4) is 0 Å². The third kappa shape index (κ3) is 5.88. The van der Waals surface area contributed by atoms with E-state index in [2.05, 4.69) is 4.98 Å². The van der Waals surface area contributed by atoms with E-state index in [1.807, 2.05) is 13.8 Å². The van der Waals surface area contributed by atoms with Gasteiger partial charge in [0.05, 0.1) is 19.3 Å². The minimum atomic E-state index is -4.22. The number of phosphoric acid groups is 1. The Hall–Kier alpha value is -1.29. The molecule has 2 heterocycles. The molecular formula is C14H24N3O7P. The molecular weight excluding hydrogens is 353 g/mol. The lowest BCUT2D eigenvalue weighted by molar-refractivity contribution is -0.0465. The predicted molar refractivity (Wildman–Crippen MR) is 88.6 cm³/mol. The van der Waals surface area contributed by atoms with Crippen LogP contribution >= 0.6 is 7.82 Å². The number of nitrogens with zero attached hydrogens (tertiary/aromatic N) is 2. The molecule has 1 saturated heterocycles. The summed E-state index contributed by atoms with van der Waals surface area (Å²) in [6.45, 7) is 3.67. The van der Waals surface area contributed by atoms with Crippen molar-refractivity contribution in [2.24, 2.45) is 5.92 Å². The van der Waals surface area contributed by atoms with Gasteiger partial charge in [0.25, 0.3) is 0 Å². The summed E-state index contributed by atoms with van der Waals surface area (Å²) in [4.78, 5) is 25.0. The first-order chi connectivity index (χ1) is 11.7. The highest BCUT2D eigenvalue weighted by Crippen LogP contribution is 2.44. The van der Waals surface area contributed by atoms with E-state index < -0.39 is 31.9 Å². The SMILES string of the molecule is CC(C)CCOP(=O)(O)OC[C@H]1O[C@@H](n2ccc(N)nc2=O)C[C@@H]1O. The van der Waals surface area contributed by atoms with Crippen LogP contribution in [0.25, 0.3) is 0 Å². The number of hydrogen-bond acceptors (Lipinski definition) is 8. The quantitative estimate of drug-likeness (QED) is 0.556. The summed E-state index contributed by atoms with van der Waals surface area (Å²) in [7, 11) is -4.22. The standard InChI is InChI=1S/C14H24N3O7P/c1-9(2)4-6-22-25(20,21)23-8-11-10(18)7-13(24-11)17-5-3-12(15)16-14(17)19/h3,5,9-11,13,18H,4,6-8H2,1-2H3,(H,20,21)(H2,15,16,19)/t10-,11+,13+/m0/s1. The van der Waals surface area contributed by atoms with E-state index in [1.165, 1.54) is 16.8 Å². The van der Waals surface area contributed by atoms with Crippen LogP contribution in [-0.4, -0.2) is 45.0 Å². The van der Waals surface area contributed by atoms with Crippen molar-refractivity contribution in [3.8, 4) is 0 Å². The maximum absolute atomic E-state index is 11.8. The monoisotopic (exact) mass is 377 g/mol. The molecule has 0 amide bonds. The van der Waals surface area contributed by atoms with Crippen molar-refractivity contribution in [3.05, 3.63) is 22.7 Å². The third-order valence-corrected chi connectivity index (χ3v) is 4.70. The van der Waals surface area contributed by atoms with Gasteiger partial charge in [0, 0.05) is 12.6 Å². The zero-order valence-corrected chi connectivity index (χ0v) is 15.0. The fourth-order valence-electron chi connectivity index (χ4n) is 2.29. The van der Waals surface area contributed by atoms with Crippen molar-refractivity contribution >= 4 is 13.6 Å². The highest BCUT2D eigenvalue weighted by Gasteiger charge is 2.37. The Morgan fingerprint density at radius 3 is 2.88 bits per heavy atom. The number of phosphoric ester groups is 1. The van der Waals surface area contributed by atoms with Gasteiger partial charge in [-0.15, -0.1) is 0 Å². The molecule has 0 aliphatic carbocycles. The van der Waals surface area contributed by atoms with Gasteiger partial charge in [0.2, 0.25) is 0 Å². The second kappa shape index (κ2) is 8.39. The normalized spacial score (nSPS) is 26.0. The second-order valence-electron chi connectivity index (χ2n) is 6.25. The van der Waals surface area contributed by atoms with Crippen LogP contribution in [0.2, 0.25) is 0 Å². The zero-order valence-electron chi connectivity index (χ0n) is 14.1. The molecule has 25 heavy (non-hydrogen) atoms. The van der Waals surface area contributed by atoms with Crippen LogP contribution in [0.1, 0.15) is 32.9 Å². The van der Waals surface area contributed by atoms with Gasteiger partial charge in [-0.3, -0.25) is 13.6 Å². The molecule has 1 fully saturated rings. The molecule has 0 radical (unpaired) electrons. The van der Waals surface area contributed by atoms with Gasteiger partial charge >= 0.3 is 13.5 Å². The molecule has 1 unspecified atom stereocenters. The van der Waals surface area contributed by atoms with Crippen LogP contribution in [0.5, 0.6) is 0 Å². The average Bonchev–Trinajstić information content (AvgIpc) is 2.85. The Bertz CT molecular complexity index is 681. The van der Waals surface area contributed by atoms with Gasteiger partial charge in [-0.1, -0.05) is 13.8 Å². The summed E-state index contributed by atoms with van der Waals surface area (Å²) in [5.41, 5.74) is 4.82. The van der Waals surface area contributed by atoms with E-state index in [-0.39, 0.29) is 25.5 Å². The van der Waals surface area contributed by atoms with Gasteiger partial charge in [-0.2, -0.15) is 4.98 Å². The van der Waals surface area contributed by atoms with E-state index in [1.54, 1.807) is 0 Å². The van der Waals surface area contributed by atoms with Crippen molar-refractivity contribution in [1.82, 2.24) is 9.55 Å². The van der Waals surface area contributed by atoms with Gasteiger partial charge in [0.1, 0.15) is 18.1 Å². The Kier molecular flexibility index (Phi) is 6.72. The molecule has 4 N–H and O–H groups in total. The van der Waals surface area contributed by atoms with Crippen LogP contribution in [0.4, 0.5) is 5.82 Å². The van der Waals surface area contributed by atoms with Crippen LogP contribution < -0.4 is 11.4 Å². The molecule has 11 heteroatoms. The highest BCUT2D eigenvalue weighted by atomic mass is 31.2. The molecule has 10 nitrogen and oxygen atoms in total. The van der Waals surface area contributed by atoms with E-state index in [9.17, 15) is 19.4 Å². The first kappa shape index (κ1) is 20.0. The number of nitrogen functional groups attached to an aromatic ring is 1. The van der Waals surface area contributed by atoms with Crippen molar-refractivity contribution in [3.63, 3.8) is 0 Å². The van der Waals surface area contributed by atoms with Gasteiger partial charge in [-0.05, 0) is 18.4 Å². The summed E-state index contributed by atoms with van der Waals surface area (Å²) in [5.74, 6) is 0.409. The first-order valence-electron chi connectivity index (χ1n) is 7.98. The minimum absolute atomic E-state index is 0.0828. The van der Waals surface area contributed by atoms with Crippen LogP contribution in [0.15, 0.2) is 17.1 Å². The maximum atomic E-state index is 11.8. The number of aliphatic hydroxyl groups excluding tert-OH is 1. The summed E-state index contributed by atoms with van der Waals surface area (Å²) < 4.78 is 28.3. The fourth-order valence-corrected chi connectivity index (χ4v) is 3.04. The van der Waals surface area contributed by atoms with E-state index in [0.29, 0.717) is 12.3 Å². The smallest absolute Gasteiger partial charge is 0.390 e. The number of rotatable bonds is 8. The number of nitrogens with two attached hydrogens (primary N) is 1. The predicted octanol–water partition coefficient (Wildman–Crippen LogP) is 0.654. The Morgan fingerprint density at radius 2 is 2.24 bits per heavy atom. The number of ether oxygens (including phenoxy) is 1. The molecule has 1 aliphatic rings. The molecule has 1 aromatic heterocycles. The molecule has 142 valence electrons. The maximum Gasteiger partial charge on any atom is 0.472 e. The number of aliphatic hydroxyl groups is 1. The Morgan fingerprint density at radius 1 is 1.52 bits per heavy atom. The molecule has 0 saturated carbocycles. The summed E-state index contributed by atoms with van der Waals surface area (Å²) >= 11 is 0. The topological polar surface area (TPSA) is 146 Å². The Balaban J connectivity index is 1.89. The summed E-state index contributed by atoms with van der Waals surface area (Å²) in [5, 5.41) is 10.0. The first-order valence-corrected chi connectivity index (χ1v) is 9.47. The van der Waals surface area contributed by atoms with Crippen molar-refractivity contribution in [2.75, 3.05) is 18.9 Å². The molecule has 0 aromatic carbocycles. The van der Waals surface area contributed by atoms with Crippen LogP contribution in [0, 0.1) is 5.92 Å². The molecule has 2 rings (SSSR count). The largest absolute Gasteiger partial charge is 0.472 e. The van der Waals surface area contributed by atoms with Gasteiger partial charge in [-0.25, -0.2) is 9.36 Å². The lowest BCUT2D eigenvalue weighted by Gasteiger charge is -2.18. The molecule has 0 spiro atoms. The van der Waals surface area contributed by atoms with E-state index >= 15 is 0 Å². The van der Waals surface area contributed by atoms with Gasteiger partial charge < -0.3 is 20.5 Å². The lowest BCUT2D eigenvalue weighted by atomic mass is 10.2. The lowest BCUT2D eigenvalue weighted by Crippen LogP contribution is -2.28. The summed E-state index contributed by atoms with van der Waals surface area (Å²) in [6.07, 6.45) is -0.454. The zero-order chi connectivity index (χ0) is 18.6. The number of aromatic nitrogens is 2. The Labute approximate surface area is 145 Å². The summed E-state index contributed by atoms with van der Waals surface area (Å²) in [6, 6.07) is 1.44. The molecule has 1 aliphatic heterocycles. The van der Waals surface area contributed by atoms with Crippen molar-refractivity contribution in [2.45, 2.75) is 45.1 Å². The van der Waals surface area contributed by atoms with Crippen LogP contribution in [-0.2, 0) is 18.3 Å². The van der Waals surface area contributed by atoms with Crippen molar-refractivity contribution < 1.29 is 28.3 Å². The fraction of sp³-hybridized carbons (Fsp3) is 0.714. The second-order valence-corrected chi connectivity index (χ2v) is 7.71. The minimum Gasteiger partial charge on any atom is -0.390 e. The molecule has 0 bridgehead atoms. The molecule has 4 atom stereocenters. The third-order valence-electron chi connectivity index (χ3n) is 3.72. The van der Waals surface area contributed by atoms with E-state index in [0.717, 1.165) is 0 Å². The highest BCUT2D eigenvalue weighted by molar-refractivity contribution is 7.47. The molecule has 1 aromatic rings. The van der Waals surface area contributed by atoms with Crippen molar-refractivity contribution in [1.29, 1.82) is 0 Å². The van der Waals surface area contributed by atoms with Gasteiger partial charge in [0.15, 0.2) is 0 Å². The van der Waals surface area contributed by atoms with E-state index in [4.69, 9.17) is 19.5 Å². The average molecular weight is 377 g/mol. The number of anilines is 1.